The van der Waals surface area contributed by atoms with Crippen LogP contribution in [0.5, 0.6) is 0 Å². The van der Waals surface area contributed by atoms with Crippen LogP contribution in [-0.4, -0.2) is 10.2 Å². The molecule has 0 bridgehead atoms. The molecule has 4 aromatic rings. The lowest BCUT2D eigenvalue weighted by Gasteiger charge is -2.10. The molecule has 3 aromatic carbocycles. The van der Waals surface area contributed by atoms with Crippen LogP contribution in [0.15, 0.2) is 91.3 Å². The molecule has 0 spiro atoms. The van der Waals surface area contributed by atoms with Crippen LogP contribution in [-0.2, 0) is 0 Å². The second-order valence-electron chi connectivity index (χ2n) is 5.52. The zero-order chi connectivity index (χ0) is 15.5. The van der Waals surface area contributed by atoms with E-state index in [4.69, 9.17) is 0 Å². The Hall–Kier alpha value is -3.13. The Kier molecular flexibility index (Phi) is 3.49. The van der Waals surface area contributed by atoms with Crippen LogP contribution in [0.2, 0.25) is 0 Å². The van der Waals surface area contributed by atoms with Crippen LogP contribution in [0, 0.1) is 0 Å². The number of benzene rings is 3. The molecule has 2 heteroatoms. The monoisotopic (exact) mass is 296 g/mol. The van der Waals surface area contributed by atoms with Crippen molar-refractivity contribution in [1.29, 1.82) is 0 Å². The number of hydrogen-bond donors (Lipinski definition) is 1. The maximum atomic E-state index is 4.08. The Morgan fingerprint density at radius 2 is 1.00 bits per heavy atom. The second kappa shape index (κ2) is 5.93. The molecule has 110 valence electrons. The maximum Gasteiger partial charge on any atom is 0.0565 e. The van der Waals surface area contributed by atoms with E-state index in [0.29, 0.717) is 0 Å². The van der Waals surface area contributed by atoms with Gasteiger partial charge in [-0.1, -0.05) is 60.7 Å². The van der Waals surface area contributed by atoms with Crippen LogP contribution in [0.1, 0.15) is 0 Å². The molecule has 0 radical (unpaired) electrons. The summed E-state index contributed by atoms with van der Waals surface area (Å²) in [5.74, 6) is 0. The van der Waals surface area contributed by atoms with Crippen molar-refractivity contribution < 1.29 is 0 Å². The minimum Gasteiger partial charge on any atom is -0.285 e. The lowest BCUT2D eigenvalue weighted by atomic mass is 9.94. The van der Waals surface area contributed by atoms with Crippen LogP contribution in [0.25, 0.3) is 33.4 Å². The highest BCUT2D eigenvalue weighted by Crippen LogP contribution is 2.32. The molecule has 0 atom stereocenters. The Morgan fingerprint density at radius 1 is 0.522 bits per heavy atom. The minimum absolute atomic E-state index is 1.10. The molecule has 0 amide bonds. The third-order valence-electron chi connectivity index (χ3n) is 3.98. The molecular weight excluding hydrogens is 280 g/mol. The Labute approximate surface area is 135 Å². The van der Waals surface area contributed by atoms with Crippen molar-refractivity contribution >= 4 is 0 Å². The van der Waals surface area contributed by atoms with Gasteiger partial charge in [0.15, 0.2) is 0 Å². The highest BCUT2D eigenvalue weighted by atomic mass is 15.1. The normalized spacial score (nSPS) is 10.6. The predicted molar refractivity (Wildman–Crippen MR) is 94.9 cm³/mol. The van der Waals surface area contributed by atoms with Gasteiger partial charge in [-0.05, 0) is 46.0 Å². The Balaban J connectivity index is 1.91. The molecule has 0 fully saturated rings. The zero-order valence-corrected chi connectivity index (χ0v) is 12.6. The van der Waals surface area contributed by atoms with Crippen molar-refractivity contribution in [2.24, 2.45) is 0 Å². The van der Waals surface area contributed by atoms with Gasteiger partial charge in [0.2, 0.25) is 0 Å². The highest BCUT2D eigenvalue weighted by Gasteiger charge is 2.07. The van der Waals surface area contributed by atoms with Crippen molar-refractivity contribution in [2.45, 2.75) is 0 Å². The van der Waals surface area contributed by atoms with Gasteiger partial charge in [-0.15, -0.1) is 0 Å². The van der Waals surface area contributed by atoms with E-state index in [2.05, 4.69) is 76.9 Å². The van der Waals surface area contributed by atoms with Crippen molar-refractivity contribution in [3.8, 4) is 33.4 Å². The molecule has 0 aliphatic carbocycles. The van der Waals surface area contributed by atoms with E-state index in [9.17, 15) is 0 Å². The minimum atomic E-state index is 1.10. The first-order valence-corrected chi connectivity index (χ1v) is 7.65. The number of hydrogen-bond acceptors (Lipinski definition) is 1. The van der Waals surface area contributed by atoms with Gasteiger partial charge >= 0.3 is 0 Å². The first-order chi connectivity index (χ1) is 11.4. The molecule has 0 aliphatic rings. The molecule has 0 aliphatic heterocycles. The van der Waals surface area contributed by atoms with Gasteiger partial charge in [-0.3, -0.25) is 5.10 Å². The van der Waals surface area contributed by atoms with Crippen molar-refractivity contribution in [3.05, 3.63) is 91.3 Å². The summed E-state index contributed by atoms with van der Waals surface area (Å²) in [6.45, 7) is 0. The van der Waals surface area contributed by atoms with Crippen LogP contribution < -0.4 is 0 Å². The topological polar surface area (TPSA) is 28.7 Å². The fraction of sp³-hybridized carbons (Fsp3) is 0. The summed E-state index contributed by atoms with van der Waals surface area (Å²) in [6.07, 6.45) is 3.79. The molecule has 4 rings (SSSR count). The highest BCUT2D eigenvalue weighted by molar-refractivity contribution is 5.80. The van der Waals surface area contributed by atoms with Gasteiger partial charge in [-0.2, -0.15) is 5.10 Å². The number of aromatic nitrogens is 2. The third-order valence-corrected chi connectivity index (χ3v) is 3.98. The molecule has 2 nitrogen and oxygen atoms in total. The average molecular weight is 296 g/mol. The number of rotatable bonds is 3. The third kappa shape index (κ3) is 2.79. The second-order valence-corrected chi connectivity index (χ2v) is 5.52. The van der Waals surface area contributed by atoms with E-state index in [1.54, 1.807) is 0 Å². The molecule has 1 aromatic heterocycles. The van der Waals surface area contributed by atoms with Gasteiger partial charge in [-0.25, -0.2) is 0 Å². The summed E-state index contributed by atoms with van der Waals surface area (Å²) in [5.41, 5.74) is 7.12. The fourth-order valence-electron chi connectivity index (χ4n) is 2.80. The maximum absolute atomic E-state index is 4.08. The largest absolute Gasteiger partial charge is 0.285 e. The molecular formula is C21H16N2. The van der Waals surface area contributed by atoms with Gasteiger partial charge < -0.3 is 0 Å². The van der Waals surface area contributed by atoms with Crippen molar-refractivity contribution in [3.63, 3.8) is 0 Å². The lowest BCUT2D eigenvalue weighted by Crippen LogP contribution is -1.85. The van der Waals surface area contributed by atoms with Crippen LogP contribution in [0.4, 0.5) is 0 Å². The van der Waals surface area contributed by atoms with E-state index in [0.717, 1.165) is 5.56 Å². The molecule has 1 heterocycles. The summed E-state index contributed by atoms with van der Waals surface area (Å²) in [6, 6.07) is 27.6. The van der Waals surface area contributed by atoms with E-state index < -0.39 is 0 Å². The van der Waals surface area contributed by atoms with Gasteiger partial charge in [0.25, 0.3) is 0 Å². The summed E-state index contributed by atoms with van der Waals surface area (Å²) >= 11 is 0. The summed E-state index contributed by atoms with van der Waals surface area (Å²) in [4.78, 5) is 0. The van der Waals surface area contributed by atoms with Crippen molar-refractivity contribution in [2.75, 3.05) is 0 Å². The standard InChI is InChI=1S/C21H16N2/c1-3-7-16(8-4-1)18-11-19(17-9-5-2-6-10-17)13-20(12-18)21-14-22-23-15-21/h1-15H,(H,22,23). The van der Waals surface area contributed by atoms with E-state index in [-0.39, 0.29) is 0 Å². The number of nitrogens with zero attached hydrogens (tertiary/aromatic N) is 1. The molecule has 0 saturated carbocycles. The number of H-pyrrole nitrogens is 1. The summed E-state index contributed by atoms with van der Waals surface area (Å²) in [7, 11) is 0. The van der Waals surface area contributed by atoms with Gasteiger partial charge in [0, 0.05) is 11.8 Å². The molecule has 0 saturated heterocycles. The first kappa shape index (κ1) is 13.5. The Morgan fingerprint density at radius 3 is 1.43 bits per heavy atom. The van der Waals surface area contributed by atoms with E-state index in [1.807, 2.05) is 24.5 Å². The zero-order valence-electron chi connectivity index (χ0n) is 12.6. The van der Waals surface area contributed by atoms with E-state index >= 15 is 0 Å². The number of aromatic amines is 1. The molecule has 1 N–H and O–H groups in total. The van der Waals surface area contributed by atoms with E-state index in [1.165, 1.54) is 27.8 Å². The summed E-state index contributed by atoms with van der Waals surface area (Å²) in [5, 5.41) is 6.98. The SMILES string of the molecule is c1ccc(-c2cc(-c3ccccc3)cc(-c3cn[nH]c3)c2)cc1. The Bertz CT molecular complexity index is 838. The van der Waals surface area contributed by atoms with Crippen molar-refractivity contribution in [1.82, 2.24) is 10.2 Å². The molecule has 23 heavy (non-hydrogen) atoms. The first-order valence-electron chi connectivity index (χ1n) is 7.65. The van der Waals surface area contributed by atoms with Gasteiger partial charge in [0.1, 0.15) is 0 Å². The quantitative estimate of drug-likeness (QED) is 0.538. The molecule has 0 unspecified atom stereocenters. The smallest absolute Gasteiger partial charge is 0.0565 e. The van der Waals surface area contributed by atoms with Crippen LogP contribution >= 0.6 is 0 Å². The summed E-state index contributed by atoms with van der Waals surface area (Å²) < 4.78 is 0. The predicted octanol–water partition coefficient (Wildman–Crippen LogP) is 5.41. The van der Waals surface area contributed by atoms with Gasteiger partial charge in [0.05, 0.1) is 6.20 Å². The lowest BCUT2D eigenvalue weighted by molar-refractivity contribution is 1.09. The van der Waals surface area contributed by atoms with Crippen LogP contribution in [0.3, 0.4) is 0 Å². The fourth-order valence-corrected chi connectivity index (χ4v) is 2.80. The number of nitrogens with one attached hydrogen (secondary N) is 1. The average Bonchev–Trinajstić information content (AvgIpc) is 3.18.